The summed E-state index contributed by atoms with van der Waals surface area (Å²) in [5, 5.41) is 3.20. The summed E-state index contributed by atoms with van der Waals surface area (Å²) < 4.78 is 0. The number of hydrogen-bond donors (Lipinski definition) is 1. The van der Waals surface area contributed by atoms with Crippen molar-refractivity contribution in [2.45, 2.75) is 6.92 Å². The van der Waals surface area contributed by atoms with Gasteiger partial charge in [0.1, 0.15) is 0 Å². The minimum atomic E-state index is -0.0420. The van der Waals surface area contributed by atoms with Crippen molar-refractivity contribution in [3.63, 3.8) is 0 Å². The number of carbonyl (C=O) groups excluding carboxylic acids is 1. The fourth-order valence-electron chi connectivity index (χ4n) is 1.22. The maximum Gasteiger partial charge on any atom is 0.239 e. The monoisotopic (exact) mass is 189 g/mol. The number of nitrogens with one attached hydrogen (secondary N) is 1. The molecule has 0 unspecified atom stereocenters. The summed E-state index contributed by atoms with van der Waals surface area (Å²) in [6.07, 6.45) is 3.49. The summed E-state index contributed by atoms with van der Waals surface area (Å²) in [4.78, 5) is 11.0. The van der Waals surface area contributed by atoms with Crippen molar-refractivity contribution >= 4 is 11.6 Å². The van der Waals surface area contributed by atoms with E-state index in [4.69, 9.17) is 0 Å². The quantitative estimate of drug-likeness (QED) is 0.722. The standard InChI is InChI=1S/C10H11N3O/c1-9(14)12-7-8-13(11-12)10-5-3-2-4-6-10/h2-8,11H,1H3. The molecule has 0 fully saturated rings. The first-order chi connectivity index (χ1) is 6.77. The summed E-state index contributed by atoms with van der Waals surface area (Å²) in [5.41, 5.74) is 3.91. The van der Waals surface area contributed by atoms with E-state index >= 15 is 0 Å². The summed E-state index contributed by atoms with van der Waals surface area (Å²) >= 11 is 0. The van der Waals surface area contributed by atoms with Crippen LogP contribution < -0.4 is 10.5 Å². The number of nitrogens with zero attached hydrogens (tertiary/aromatic N) is 2. The minimum Gasteiger partial charge on any atom is -0.273 e. The topological polar surface area (TPSA) is 35.6 Å². The molecule has 4 nitrogen and oxygen atoms in total. The lowest BCUT2D eigenvalue weighted by molar-refractivity contribution is -0.128. The van der Waals surface area contributed by atoms with Gasteiger partial charge >= 0.3 is 0 Å². The van der Waals surface area contributed by atoms with Crippen molar-refractivity contribution in [3.05, 3.63) is 42.7 Å². The molecule has 2 rings (SSSR count). The maximum atomic E-state index is 11.0. The van der Waals surface area contributed by atoms with E-state index in [-0.39, 0.29) is 5.91 Å². The van der Waals surface area contributed by atoms with Crippen LogP contribution in [0.5, 0.6) is 0 Å². The molecule has 0 aromatic heterocycles. The number of hydrogen-bond acceptors (Lipinski definition) is 3. The molecule has 0 radical (unpaired) electrons. The van der Waals surface area contributed by atoms with Crippen molar-refractivity contribution in [2.75, 3.05) is 5.01 Å². The highest BCUT2D eigenvalue weighted by molar-refractivity contribution is 5.74. The zero-order valence-corrected chi connectivity index (χ0v) is 7.84. The van der Waals surface area contributed by atoms with E-state index in [9.17, 15) is 4.79 Å². The van der Waals surface area contributed by atoms with E-state index in [2.05, 4.69) is 5.53 Å². The van der Waals surface area contributed by atoms with Gasteiger partial charge in [-0.1, -0.05) is 18.2 Å². The minimum absolute atomic E-state index is 0.0420. The molecule has 1 aliphatic rings. The molecule has 4 heteroatoms. The number of amides is 1. The van der Waals surface area contributed by atoms with Crippen LogP contribution in [0, 0.1) is 0 Å². The van der Waals surface area contributed by atoms with Crippen LogP contribution in [0.1, 0.15) is 6.92 Å². The lowest BCUT2D eigenvalue weighted by Crippen LogP contribution is -2.41. The Bertz CT molecular complexity index is 361. The van der Waals surface area contributed by atoms with Crippen molar-refractivity contribution in [2.24, 2.45) is 0 Å². The van der Waals surface area contributed by atoms with Gasteiger partial charge in [-0.25, -0.2) is 5.01 Å². The van der Waals surface area contributed by atoms with Crippen LogP contribution in [-0.2, 0) is 4.79 Å². The first-order valence-electron chi connectivity index (χ1n) is 4.36. The molecular formula is C10H11N3O. The molecule has 0 atom stereocenters. The first kappa shape index (κ1) is 8.77. The Morgan fingerprint density at radius 3 is 2.50 bits per heavy atom. The molecule has 0 saturated heterocycles. The third-order valence-corrected chi connectivity index (χ3v) is 1.95. The molecule has 0 bridgehead atoms. The molecular weight excluding hydrogens is 178 g/mol. The lowest BCUT2D eigenvalue weighted by atomic mass is 10.3. The van der Waals surface area contributed by atoms with Gasteiger partial charge in [0.15, 0.2) is 0 Å². The Morgan fingerprint density at radius 1 is 1.21 bits per heavy atom. The zero-order chi connectivity index (χ0) is 9.97. The molecule has 1 aliphatic heterocycles. The van der Waals surface area contributed by atoms with E-state index in [0.29, 0.717) is 0 Å². The second-order valence-corrected chi connectivity index (χ2v) is 2.99. The number of para-hydroxylation sites is 1. The molecule has 1 amide bonds. The number of carbonyl (C=O) groups is 1. The third kappa shape index (κ3) is 1.60. The summed E-state index contributed by atoms with van der Waals surface area (Å²) in [6.45, 7) is 1.51. The van der Waals surface area contributed by atoms with Gasteiger partial charge in [0.2, 0.25) is 5.91 Å². The second-order valence-electron chi connectivity index (χ2n) is 2.99. The molecule has 1 heterocycles. The largest absolute Gasteiger partial charge is 0.273 e. The van der Waals surface area contributed by atoms with Gasteiger partial charge < -0.3 is 0 Å². The number of anilines is 1. The number of rotatable bonds is 1. The Balaban J connectivity index is 2.11. The van der Waals surface area contributed by atoms with Crippen LogP contribution in [-0.4, -0.2) is 10.9 Å². The smallest absolute Gasteiger partial charge is 0.239 e. The Hall–Kier alpha value is -1.81. The van der Waals surface area contributed by atoms with E-state index < -0.39 is 0 Å². The normalized spacial score (nSPS) is 14.9. The number of hydrazine groups is 2. The third-order valence-electron chi connectivity index (χ3n) is 1.95. The molecule has 72 valence electrons. The van der Waals surface area contributed by atoms with Gasteiger partial charge in [-0.05, 0) is 12.1 Å². The van der Waals surface area contributed by atoms with Crippen LogP contribution in [0.15, 0.2) is 42.7 Å². The lowest BCUT2D eigenvalue weighted by Gasteiger charge is -2.19. The highest BCUT2D eigenvalue weighted by Gasteiger charge is 2.15. The first-order valence-corrected chi connectivity index (χ1v) is 4.36. The molecule has 1 N–H and O–H groups in total. The predicted octanol–water partition coefficient (Wildman–Crippen LogP) is 1.25. The average molecular weight is 189 g/mol. The molecule has 14 heavy (non-hydrogen) atoms. The number of benzene rings is 1. The Labute approximate surface area is 82.4 Å². The molecule has 0 spiro atoms. The summed E-state index contributed by atoms with van der Waals surface area (Å²) in [5.74, 6) is -0.0420. The van der Waals surface area contributed by atoms with Crippen molar-refractivity contribution in [1.82, 2.24) is 10.5 Å². The Morgan fingerprint density at radius 2 is 1.93 bits per heavy atom. The van der Waals surface area contributed by atoms with E-state index in [1.807, 2.05) is 30.3 Å². The van der Waals surface area contributed by atoms with Crippen LogP contribution in [0.4, 0.5) is 5.69 Å². The van der Waals surface area contributed by atoms with Crippen LogP contribution >= 0.6 is 0 Å². The van der Waals surface area contributed by atoms with Gasteiger partial charge in [0.05, 0.1) is 5.69 Å². The highest BCUT2D eigenvalue weighted by atomic mass is 16.2. The molecule has 0 saturated carbocycles. The summed E-state index contributed by atoms with van der Waals surface area (Å²) in [7, 11) is 0. The average Bonchev–Trinajstić information content (AvgIpc) is 2.68. The van der Waals surface area contributed by atoms with Gasteiger partial charge in [0.25, 0.3) is 0 Å². The van der Waals surface area contributed by atoms with Gasteiger partial charge in [0, 0.05) is 19.3 Å². The van der Waals surface area contributed by atoms with Gasteiger partial charge in [-0.2, -0.15) is 0 Å². The van der Waals surface area contributed by atoms with Crippen molar-refractivity contribution in [3.8, 4) is 0 Å². The SMILES string of the molecule is CC(=O)N1C=CN(c2ccccc2)N1. The van der Waals surface area contributed by atoms with Gasteiger partial charge in [-0.3, -0.25) is 9.80 Å². The second kappa shape index (κ2) is 3.51. The fraction of sp³-hybridized carbons (Fsp3) is 0.100. The van der Waals surface area contributed by atoms with Gasteiger partial charge in [-0.15, -0.1) is 5.53 Å². The predicted molar refractivity (Wildman–Crippen MR) is 53.7 cm³/mol. The van der Waals surface area contributed by atoms with Crippen molar-refractivity contribution < 1.29 is 4.79 Å². The molecule has 0 aliphatic carbocycles. The van der Waals surface area contributed by atoms with E-state index in [0.717, 1.165) is 5.69 Å². The van der Waals surface area contributed by atoms with Crippen molar-refractivity contribution in [1.29, 1.82) is 0 Å². The fourth-order valence-corrected chi connectivity index (χ4v) is 1.22. The Kier molecular flexibility index (Phi) is 2.20. The zero-order valence-electron chi connectivity index (χ0n) is 7.84. The maximum absolute atomic E-state index is 11.0. The van der Waals surface area contributed by atoms with E-state index in [1.54, 1.807) is 17.4 Å². The van der Waals surface area contributed by atoms with E-state index in [1.165, 1.54) is 11.9 Å². The van der Waals surface area contributed by atoms with Crippen LogP contribution in [0.3, 0.4) is 0 Å². The van der Waals surface area contributed by atoms with Crippen LogP contribution in [0.25, 0.3) is 0 Å². The summed E-state index contributed by atoms with van der Waals surface area (Å²) in [6, 6.07) is 9.76. The molecule has 1 aromatic carbocycles. The highest BCUT2D eigenvalue weighted by Crippen LogP contribution is 2.14. The van der Waals surface area contributed by atoms with Crippen LogP contribution in [0.2, 0.25) is 0 Å². The molecule has 1 aromatic rings.